The van der Waals surface area contributed by atoms with Crippen LogP contribution in [0.3, 0.4) is 0 Å². The minimum Gasteiger partial charge on any atom is -0.306 e. The van der Waals surface area contributed by atoms with E-state index in [2.05, 4.69) is 60.1 Å². The molecule has 2 heteroatoms. The van der Waals surface area contributed by atoms with E-state index in [1.807, 2.05) is 0 Å². The van der Waals surface area contributed by atoms with E-state index in [1.54, 1.807) is 0 Å². The third-order valence-corrected chi connectivity index (χ3v) is 4.88. The van der Waals surface area contributed by atoms with Crippen LogP contribution in [0.25, 0.3) is 16.9 Å². The lowest BCUT2D eigenvalue weighted by atomic mass is 9.84. The summed E-state index contributed by atoms with van der Waals surface area (Å²) in [4.78, 5) is 4.73. The Balaban J connectivity index is 1.63. The van der Waals surface area contributed by atoms with Crippen LogP contribution in [0.2, 0.25) is 0 Å². The largest absolute Gasteiger partial charge is 0.306 e. The van der Waals surface area contributed by atoms with Gasteiger partial charge in [-0.3, -0.25) is 0 Å². The molecule has 0 atom stereocenters. The van der Waals surface area contributed by atoms with Crippen molar-refractivity contribution in [3.8, 4) is 11.3 Å². The van der Waals surface area contributed by atoms with Crippen molar-refractivity contribution in [2.24, 2.45) is 0 Å². The zero-order valence-electron chi connectivity index (χ0n) is 13.1. The maximum atomic E-state index is 4.73. The maximum Gasteiger partial charge on any atom is 0.137 e. The Bertz CT molecular complexity index is 777. The molecule has 0 radical (unpaired) electrons. The van der Waals surface area contributed by atoms with Gasteiger partial charge in [0.15, 0.2) is 0 Å². The first-order valence-corrected chi connectivity index (χ1v) is 8.35. The Morgan fingerprint density at radius 2 is 1.68 bits per heavy atom. The molecule has 0 amide bonds. The smallest absolute Gasteiger partial charge is 0.137 e. The van der Waals surface area contributed by atoms with Gasteiger partial charge in [-0.25, -0.2) is 4.98 Å². The second-order valence-electron chi connectivity index (χ2n) is 6.56. The van der Waals surface area contributed by atoms with Gasteiger partial charge in [0.1, 0.15) is 5.65 Å². The molecule has 3 aromatic rings. The fourth-order valence-electron chi connectivity index (χ4n) is 3.60. The quantitative estimate of drug-likeness (QED) is 0.621. The first kappa shape index (κ1) is 13.6. The predicted molar refractivity (Wildman–Crippen MR) is 91.2 cm³/mol. The molecule has 2 heterocycles. The van der Waals surface area contributed by atoms with E-state index in [0.717, 1.165) is 17.3 Å². The minimum atomic E-state index is 0.770. The van der Waals surface area contributed by atoms with Crippen molar-refractivity contribution in [3.05, 3.63) is 59.9 Å². The molecule has 0 aliphatic heterocycles. The van der Waals surface area contributed by atoms with Crippen molar-refractivity contribution in [2.45, 2.75) is 44.9 Å². The highest BCUT2D eigenvalue weighted by Gasteiger charge is 2.15. The van der Waals surface area contributed by atoms with Gasteiger partial charge in [0.05, 0.1) is 5.69 Å². The number of hydrogen-bond acceptors (Lipinski definition) is 1. The summed E-state index contributed by atoms with van der Waals surface area (Å²) in [5, 5.41) is 0. The van der Waals surface area contributed by atoms with Crippen molar-refractivity contribution in [2.75, 3.05) is 0 Å². The molecule has 1 aliphatic carbocycles. The van der Waals surface area contributed by atoms with Gasteiger partial charge in [0, 0.05) is 18.0 Å². The van der Waals surface area contributed by atoms with E-state index < -0.39 is 0 Å². The van der Waals surface area contributed by atoms with Crippen LogP contribution in [-0.2, 0) is 0 Å². The summed E-state index contributed by atoms with van der Waals surface area (Å²) in [7, 11) is 0. The molecule has 2 aromatic heterocycles. The summed E-state index contributed by atoms with van der Waals surface area (Å²) >= 11 is 0. The number of benzene rings is 1. The molecule has 4 rings (SSSR count). The van der Waals surface area contributed by atoms with Crippen LogP contribution in [0, 0.1) is 6.92 Å². The fourth-order valence-corrected chi connectivity index (χ4v) is 3.60. The molecule has 112 valence electrons. The molecule has 1 saturated carbocycles. The van der Waals surface area contributed by atoms with E-state index in [0.29, 0.717) is 0 Å². The van der Waals surface area contributed by atoms with Crippen LogP contribution < -0.4 is 0 Å². The van der Waals surface area contributed by atoms with E-state index in [1.165, 1.54) is 48.8 Å². The number of hydrogen-bond donors (Lipinski definition) is 0. The van der Waals surface area contributed by atoms with Crippen LogP contribution in [0.5, 0.6) is 0 Å². The predicted octanol–water partition coefficient (Wildman–Crippen LogP) is 5.36. The second-order valence-corrected chi connectivity index (χ2v) is 6.56. The van der Waals surface area contributed by atoms with Gasteiger partial charge in [0.2, 0.25) is 0 Å². The standard InChI is InChI=1S/C20H22N2/c1-15-7-12-20-21-19(14-22(20)13-15)18-10-8-17(9-11-18)16-5-3-2-4-6-16/h7-14,16H,2-6H2,1H3. The Morgan fingerprint density at radius 3 is 2.45 bits per heavy atom. The topological polar surface area (TPSA) is 17.3 Å². The number of nitrogens with zero attached hydrogens (tertiary/aromatic N) is 2. The molecule has 0 saturated heterocycles. The zero-order valence-corrected chi connectivity index (χ0v) is 13.1. The molecule has 2 nitrogen and oxygen atoms in total. The Kier molecular flexibility index (Phi) is 3.45. The second kappa shape index (κ2) is 5.60. The van der Waals surface area contributed by atoms with E-state index in [-0.39, 0.29) is 0 Å². The Labute approximate surface area is 131 Å². The molecular formula is C20H22N2. The molecule has 0 spiro atoms. The number of imidazole rings is 1. The van der Waals surface area contributed by atoms with Gasteiger partial charge < -0.3 is 4.40 Å². The molecule has 0 unspecified atom stereocenters. The van der Waals surface area contributed by atoms with Crippen molar-refractivity contribution in [1.82, 2.24) is 9.38 Å². The van der Waals surface area contributed by atoms with Gasteiger partial charge in [-0.2, -0.15) is 0 Å². The Morgan fingerprint density at radius 1 is 0.909 bits per heavy atom. The van der Waals surface area contributed by atoms with Crippen LogP contribution in [0.15, 0.2) is 48.8 Å². The lowest BCUT2D eigenvalue weighted by Gasteiger charge is -2.21. The highest BCUT2D eigenvalue weighted by atomic mass is 15.0. The molecule has 0 N–H and O–H groups in total. The third kappa shape index (κ3) is 2.54. The molecule has 1 aliphatic rings. The zero-order chi connectivity index (χ0) is 14.9. The number of pyridine rings is 1. The van der Waals surface area contributed by atoms with Gasteiger partial charge in [-0.1, -0.05) is 49.6 Å². The highest BCUT2D eigenvalue weighted by Crippen LogP contribution is 2.33. The molecule has 1 fully saturated rings. The monoisotopic (exact) mass is 290 g/mol. The van der Waals surface area contributed by atoms with Gasteiger partial charge in [0.25, 0.3) is 0 Å². The molecular weight excluding hydrogens is 268 g/mol. The molecule has 22 heavy (non-hydrogen) atoms. The minimum absolute atomic E-state index is 0.770. The molecule has 1 aromatic carbocycles. The number of aromatic nitrogens is 2. The summed E-state index contributed by atoms with van der Waals surface area (Å²) in [6, 6.07) is 13.3. The van der Waals surface area contributed by atoms with E-state index in [9.17, 15) is 0 Å². The van der Waals surface area contributed by atoms with Crippen molar-refractivity contribution in [1.29, 1.82) is 0 Å². The van der Waals surface area contributed by atoms with Crippen LogP contribution in [0.1, 0.15) is 49.1 Å². The normalized spacial score (nSPS) is 16.2. The highest BCUT2D eigenvalue weighted by molar-refractivity contribution is 5.63. The number of aryl methyl sites for hydroxylation is 1. The number of rotatable bonds is 2. The summed E-state index contributed by atoms with van der Waals surface area (Å²) in [5.74, 6) is 0.770. The SMILES string of the molecule is Cc1ccc2nc(-c3ccc(C4CCCCC4)cc3)cn2c1. The van der Waals surface area contributed by atoms with Gasteiger partial charge >= 0.3 is 0 Å². The lowest BCUT2D eigenvalue weighted by Crippen LogP contribution is -2.04. The summed E-state index contributed by atoms with van der Waals surface area (Å²) in [6.45, 7) is 2.11. The van der Waals surface area contributed by atoms with Crippen LogP contribution in [0.4, 0.5) is 0 Å². The van der Waals surface area contributed by atoms with Gasteiger partial charge in [-0.05, 0) is 42.9 Å². The first-order chi connectivity index (χ1) is 10.8. The lowest BCUT2D eigenvalue weighted by molar-refractivity contribution is 0.443. The van der Waals surface area contributed by atoms with Crippen LogP contribution in [-0.4, -0.2) is 9.38 Å². The fraction of sp³-hybridized carbons (Fsp3) is 0.350. The first-order valence-electron chi connectivity index (χ1n) is 8.35. The van der Waals surface area contributed by atoms with Crippen molar-refractivity contribution >= 4 is 5.65 Å². The summed E-state index contributed by atoms with van der Waals surface area (Å²) in [6.07, 6.45) is 11.1. The van der Waals surface area contributed by atoms with Crippen molar-refractivity contribution < 1.29 is 0 Å². The number of fused-ring (bicyclic) bond motifs is 1. The van der Waals surface area contributed by atoms with Crippen molar-refractivity contribution in [3.63, 3.8) is 0 Å². The average Bonchev–Trinajstić information content (AvgIpc) is 2.99. The summed E-state index contributed by atoms with van der Waals surface area (Å²) in [5.41, 5.74) is 6.03. The van der Waals surface area contributed by atoms with E-state index in [4.69, 9.17) is 4.98 Å². The molecule has 0 bridgehead atoms. The average molecular weight is 290 g/mol. The van der Waals surface area contributed by atoms with Crippen LogP contribution >= 0.6 is 0 Å². The third-order valence-electron chi connectivity index (χ3n) is 4.88. The Hall–Kier alpha value is -2.09. The summed E-state index contributed by atoms with van der Waals surface area (Å²) < 4.78 is 2.11. The van der Waals surface area contributed by atoms with E-state index >= 15 is 0 Å². The van der Waals surface area contributed by atoms with Gasteiger partial charge in [-0.15, -0.1) is 0 Å². The maximum absolute atomic E-state index is 4.73.